The third-order valence-electron chi connectivity index (χ3n) is 13.3. The van der Waals surface area contributed by atoms with Crippen molar-refractivity contribution in [1.29, 1.82) is 0 Å². The lowest BCUT2D eigenvalue weighted by molar-refractivity contribution is -0.111. The Morgan fingerprint density at radius 3 is 2.52 bits per heavy atom. The number of carbonyl (C=O) groups is 2. The predicted molar refractivity (Wildman–Crippen MR) is 247 cm³/mol. The molecule has 15 heteroatoms. The van der Waals surface area contributed by atoms with E-state index in [0.717, 1.165) is 69.8 Å². The molecule has 0 saturated carbocycles. The second-order valence-corrected chi connectivity index (χ2v) is 18.3. The van der Waals surface area contributed by atoms with Crippen LogP contribution in [-0.2, 0) is 37.8 Å². The van der Waals surface area contributed by atoms with Crippen LogP contribution in [0.4, 0.5) is 34.4 Å². The van der Waals surface area contributed by atoms with Crippen LogP contribution < -0.4 is 30.9 Å². The lowest BCUT2D eigenvalue weighted by Crippen LogP contribution is -2.57. The lowest BCUT2D eigenvalue weighted by atomic mass is 9.90. The number of anilines is 6. The van der Waals surface area contributed by atoms with Crippen molar-refractivity contribution in [2.45, 2.75) is 78.6 Å². The monoisotopic (exact) mass is 851 g/mol. The number of nitrogens with one attached hydrogen (secondary N) is 2. The summed E-state index contributed by atoms with van der Waals surface area (Å²) in [4.78, 5) is 63.3. The van der Waals surface area contributed by atoms with E-state index in [9.17, 15) is 19.5 Å². The SMILES string of the molecule is C=CC(=O)Nc1cc(Nc2nc(-c3ccnc(N4CCn5c(cc6c5CC(C)(C)C6)C4=O)c3CO)cn(C)c2=O)ccc1N1CCN(C2CCN(c3ccnc(C)c3)CC2)CC1C. The van der Waals surface area contributed by atoms with Crippen molar-refractivity contribution in [1.82, 2.24) is 29.0 Å². The summed E-state index contributed by atoms with van der Waals surface area (Å²) in [5, 5.41) is 17.0. The van der Waals surface area contributed by atoms with Crippen LogP contribution in [0.25, 0.3) is 11.3 Å². The number of aryl methyl sites for hydroxylation is 2. The zero-order chi connectivity index (χ0) is 44.2. The first-order valence-corrected chi connectivity index (χ1v) is 22.0. The summed E-state index contributed by atoms with van der Waals surface area (Å²) in [5.74, 6) is -0.0728. The molecule has 7 heterocycles. The summed E-state index contributed by atoms with van der Waals surface area (Å²) in [5.41, 5.74) is 8.61. The highest BCUT2D eigenvalue weighted by molar-refractivity contribution is 6.06. The maximum absolute atomic E-state index is 14.0. The molecule has 3 aliphatic heterocycles. The van der Waals surface area contributed by atoms with Crippen molar-refractivity contribution in [2.75, 3.05) is 64.6 Å². The van der Waals surface area contributed by atoms with Gasteiger partial charge in [-0.25, -0.2) is 9.97 Å². The molecule has 1 aliphatic carbocycles. The highest BCUT2D eigenvalue weighted by atomic mass is 16.3. The van der Waals surface area contributed by atoms with Crippen LogP contribution in [0.5, 0.6) is 0 Å². The molecule has 3 N–H and O–H groups in total. The van der Waals surface area contributed by atoms with Crippen LogP contribution in [0.1, 0.15) is 66.6 Å². The number of rotatable bonds is 10. The van der Waals surface area contributed by atoms with Crippen molar-refractivity contribution in [3.63, 3.8) is 0 Å². The topological polar surface area (TPSA) is 157 Å². The van der Waals surface area contributed by atoms with Crippen LogP contribution in [0.15, 0.2) is 78.5 Å². The van der Waals surface area contributed by atoms with Gasteiger partial charge in [-0.05, 0) is 99.0 Å². The molecule has 2 fully saturated rings. The van der Waals surface area contributed by atoms with Gasteiger partial charge < -0.3 is 34.7 Å². The van der Waals surface area contributed by atoms with E-state index in [1.807, 2.05) is 37.4 Å². The molecule has 2 amide bonds. The molecular formula is C48H57N11O4. The standard InChI is InChI=1S/C48H57N11O4/c1-7-43(61)52-38-24-33(8-9-40(38)57-19-18-56(27-31(57)3)34-12-16-55(17-13-34)35-10-14-49-30(2)22-35)51-44-47(63)54(6)28-39(53-44)36-11-15-50-45(37(36)29-60)59-21-20-58-41(46(59)62)23-32-25-48(4,5)26-42(32)58/h7-11,14-15,22-24,28,31,34,60H,1,12-13,16-21,25-27,29H2,2-6H3,(H,51,53)(H,52,61). The minimum Gasteiger partial charge on any atom is -0.392 e. The summed E-state index contributed by atoms with van der Waals surface area (Å²) < 4.78 is 3.59. The molecule has 9 rings (SSSR count). The third kappa shape index (κ3) is 8.11. The van der Waals surface area contributed by atoms with Crippen molar-refractivity contribution >= 4 is 46.2 Å². The van der Waals surface area contributed by atoms with Gasteiger partial charge in [0.25, 0.3) is 11.5 Å². The van der Waals surface area contributed by atoms with Gasteiger partial charge >= 0.3 is 0 Å². The summed E-state index contributed by atoms with van der Waals surface area (Å²) in [6, 6.07) is 14.4. The largest absolute Gasteiger partial charge is 0.392 e. The molecule has 2 saturated heterocycles. The Morgan fingerprint density at radius 1 is 0.984 bits per heavy atom. The quantitative estimate of drug-likeness (QED) is 0.149. The Morgan fingerprint density at radius 2 is 1.78 bits per heavy atom. The number of piperazine rings is 1. The van der Waals surface area contributed by atoms with E-state index in [1.54, 1.807) is 30.4 Å². The average molecular weight is 852 g/mol. The molecule has 0 radical (unpaired) electrons. The second kappa shape index (κ2) is 16.8. The number of nitrogens with zero attached hydrogens (tertiary/aromatic N) is 9. The lowest BCUT2D eigenvalue weighted by Gasteiger charge is -2.47. The number of pyridine rings is 2. The van der Waals surface area contributed by atoms with Gasteiger partial charge in [-0.15, -0.1) is 0 Å². The van der Waals surface area contributed by atoms with E-state index in [0.29, 0.717) is 58.8 Å². The Hall–Kier alpha value is -6.32. The van der Waals surface area contributed by atoms with Crippen LogP contribution in [0, 0.1) is 12.3 Å². The first-order valence-electron chi connectivity index (χ1n) is 22.0. The first-order chi connectivity index (χ1) is 30.3. The van der Waals surface area contributed by atoms with Gasteiger partial charge in [0.05, 0.1) is 23.7 Å². The van der Waals surface area contributed by atoms with E-state index in [1.165, 1.54) is 27.6 Å². The summed E-state index contributed by atoms with van der Waals surface area (Å²) in [6.07, 6.45) is 10.4. The molecule has 15 nitrogen and oxygen atoms in total. The molecule has 63 heavy (non-hydrogen) atoms. The Labute approximate surface area is 368 Å². The van der Waals surface area contributed by atoms with E-state index in [2.05, 4.69) is 79.4 Å². The number of aliphatic hydroxyl groups excluding tert-OH is 1. The number of aliphatic hydroxyl groups is 1. The smallest absolute Gasteiger partial charge is 0.293 e. The van der Waals surface area contributed by atoms with E-state index in [4.69, 9.17) is 4.98 Å². The fourth-order valence-electron chi connectivity index (χ4n) is 10.2. The fourth-order valence-corrected chi connectivity index (χ4v) is 10.2. The van der Waals surface area contributed by atoms with Crippen LogP contribution in [0.3, 0.4) is 0 Å². The normalized spacial score (nSPS) is 18.9. The van der Waals surface area contributed by atoms with E-state index < -0.39 is 6.61 Å². The maximum atomic E-state index is 14.0. The second-order valence-electron chi connectivity index (χ2n) is 18.3. The van der Waals surface area contributed by atoms with Crippen LogP contribution in [-0.4, -0.2) is 97.3 Å². The maximum Gasteiger partial charge on any atom is 0.293 e. The number of piperidine rings is 1. The number of hydrogen-bond acceptors (Lipinski definition) is 11. The molecule has 4 aliphatic rings. The van der Waals surface area contributed by atoms with Crippen LogP contribution >= 0.6 is 0 Å². The van der Waals surface area contributed by atoms with Gasteiger partial charge in [0.2, 0.25) is 5.91 Å². The predicted octanol–water partition coefficient (Wildman–Crippen LogP) is 5.67. The van der Waals surface area contributed by atoms with Crippen molar-refractivity contribution in [3.8, 4) is 11.3 Å². The van der Waals surface area contributed by atoms with Crippen molar-refractivity contribution < 1.29 is 14.7 Å². The van der Waals surface area contributed by atoms with Gasteiger partial charge in [-0.1, -0.05) is 20.4 Å². The highest BCUT2D eigenvalue weighted by Crippen LogP contribution is 2.40. The molecule has 0 bridgehead atoms. The number of hydrogen-bond donors (Lipinski definition) is 3. The third-order valence-corrected chi connectivity index (χ3v) is 13.3. The zero-order valence-electron chi connectivity index (χ0n) is 36.9. The summed E-state index contributed by atoms with van der Waals surface area (Å²) >= 11 is 0. The molecule has 1 aromatic carbocycles. The van der Waals surface area contributed by atoms with Crippen molar-refractivity contribution in [3.05, 3.63) is 112 Å². The fraction of sp³-hybridized carbons (Fsp3) is 0.417. The van der Waals surface area contributed by atoms with Gasteiger partial charge in [0.15, 0.2) is 5.82 Å². The minimum atomic E-state index is -0.396. The molecule has 328 valence electrons. The number of amides is 2. The molecule has 4 aromatic heterocycles. The molecule has 5 aromatic rings. The molecule has 1 atom stereocenters. The zero-order valence-corrected chi connectivity index (χ0v) is 36.9. The minimum absolute atomic E-state index is 0.0578. The van der Waals surface area contributed by atoms with Gasteiger partial charge in [0, 0.05) is 117 Å². The Bertz CT molecular complexity index is 2660. The summed E-state index contributed by atoms with van der Waals surface area (Å²) in [7, 11) is 1.65. The number of aromatic nitrogens is 5. The number of carbonyl (C=O) groups excluding carboxylic acids is 2. The highest BCUT2D eigenvalue weighted by Gasteiger charge is 2.38. The molecule has 1 unspecified atom stereocenters. The van der Waals surface area contributed by atoms with E-state index >= 15 is 0 Å². The molecular weight excluding hydrogens is 795 g/mol. The first kappa shape index (κ1) is 42.0. The number of fused-ring (bicyclic) bond motifs is 3. The molecule has 0 spiro atoms. The van der Waals surface area contributed by atoms with Gasteiger partial charge in [-0.2, -0.15) is 0 Å². The van der Waals surface area contributed by atoms with Crippen molar-refractivity contribution in [2.24, 2.45) is 12.5 Å². The van der Waals surface area contributed by atoms with Gasteiger partial charge in [-0.3, -0.25) is 29.2 Å². The Kier molecular flexibility index (Phi) is 11.2. The average Bonchev–Trinajstić information content (AvgIpc) is 3.77. The van der Waals surface area contributed by atoms with E-state index in [-0.39, 0.29) is 34.6 Å². The number of benzene rings is 1. The summed E-state index contributed by atoms with van der Waals surface area (Å²) in [6.45, 7) is 17.7. The van der Waals surface area contributed by atoms with Crippen LogP contribution in [0.2, 0.25) is 0 Å². The Balaban J connectivity index is 0.936. The van der Waals surface area contributed by atoms with Gasteiger partial charge in [0.1, 0.15) is 11.5 Å².